The van der Waals surface area contributed by atoms with Crippen molar-refractivity contribution in [1.29, 1.82) is 0 Å². The lowest BCUT2D eigenvalue weighted by Gasteiger charge is -2.33. The minimum atomic E-state index is -5.99. The minimum Gasteiger partial charge on any atom is -0.422 e. The molecule has 0 aliphatic carbocycles. The Labute approximate surface area is 147 Å². The molecule has 0 unspecified atom stereocenters. The van der Waals surface area contributed by atoms with E-state index in [1.807, 2.05) is 0 Å². The Bertz CT molecular complexity index is 771. The van der Waals surface area contributed by atoms with E-state index in [1.54, 1.807) is 11.4 Å². The summed E-state index contributed by atoms with van der Waals surface area (Å²) >= 11 is 1.06. The molecule has 1 heterocycles. The number of aliphatic hydroxyl groups is 1. The number of hydrogen-bond donors (Lipinski definition) is 1. The number of ether oxygens (including phenoxy) is 1. The van der Waals surface area contributed by atoms with Gasteiger partial charge >= 0.3 is 18.3 Å². The number of hydrogen-bond acceptors (Lipinski definition) is 4. The highest BCUT2D eigenvalue weighted by molar-refractivity contribution is 7.12. The van der Waals surface area contributed by atoms with Gasteiger partial charge in [-0.25, -0.2) is 4.79 Å². The Kier molecular flexibility index (Phi) is 5.13. The van der Waals surface area contributed by atoms with Gasteiger partial charge in [0.25, 0.3) is 5.60 Å². The lowest BCUT2D eigenvalue weighted by Crippen LogP contribution is -2.54. The molecule has 10 heteroatoms. The molecule has 142 valence electrons. The zero-order chi connectivity index (χ0) is 19.9. The third-order valence-corrected chi connectivity index (χ3v) is 4.47. The first-order valence-electron chi connectivity index (χ1n) is 7.02. The highest BCUT2D eigenvalue weighted by Gasteiger charge is 2.71. The van der Waals surface area contributed by atoms with Gasteiger partial charge in [-0.2, -0.15) is 26.3 Å². The van der Waals surface area contributed by atoms with Gasteiger partial charge in [0, 0.05) is 5.56 Å². The van der Waals surface area contributed by atoms with Crippen LogP contribution in [-0.4, -0.2) is 23.4 Å². The minimum absolute atomic E-state index is 0.156. The number of esters is 1. The summed E-state index contributed by atoms with van der Waals surface area (Å²) < 4.78 is 83.0. The number of halogens is 6. The Hall–Kier alpha value is -2.07. The largest absolute Gasteiger partial charge is 0.430 e. The van der Waals surface area contributed by atoms with E-state index in [0.29, 0.717) is 12.1 Å². The summed E-state index contributed by atoms with van der Waals surface area (Å²) in [5.41, 5.74) is -6.75. The van der Waals surface area contributed by atoms with Gasteiger partial charge in [-0.05, 0) is 48.6 Å². The molecule has 2 aromatic rings. The first-order chi connectivity index (χ1) is 11.8. The SMILES string of the molecule is Cc1cc(C(O)(C(F)(F)F)C(F)(F)F)cc(C)c1OC(=O)c1cccs1. The van der Waals surface area contributed by atoms with Crippen molar-refractivity contribution in [3.05, 3.63) is 51.2 Å². The zero-order valence-corrected chi connectivity index (χ0v) is 14.1. The second-order valence-electron chi connectivity index (χ2n) is 5.51. The predicted molar refractivity (Wildman–Crippen MR) is 81.2 cm³/mol. The molecule has 0 bridgehead atoms. The van der Waals surface area contributed by atoms with Crippen molar-refractivity contribution >= 4 is 17.3 Å². The second kappa shape index (κ2) is 6.58. The van der Waals surface area contributed by atoms with Crippen LogP contribution in [0.1, 0.15) is 26.4 Å². The maximum Gasteiger partial charge on any atom is 0.430 e. The number of carbonyl (C=O) groups excluding carboxylic acids is 1. The van der Waals surface area contributed by atoms with Gasteiger partial charge in [0.1, 0.15) is 10.6 Å². The molecule has 0 saturated carbocycles. The molecule has 0 spiro atoms. The molecule has 1 aromatic heterocycles. The maximum absolute atomic E-state index is 13.0. The summed E-state index contributed by atoms with van der Waals surface area (Å²) in [4.78, 5) is 12.2. The quantitative estimate of drug-likeness (QED) is 0.455. The summed E-state index contributed by atoms with van der Waals surface area (Å²) in [6, 6.07) is 4.05. The van der Waals surface area contributed by atoms with Gasteiger partial charge in [-0.1, -0.05) is 6.07 Å². The fourth-order valence-electron chi connectivity index (χ4n) is 2.35. The smallest absolute Gasteiger partial charge is 0.422 e. The zero-order valence-electron chi connectivity index (χ0n) is 13.3. The fraction of sp³-hybridized carbons (Fsp3) is 0.312. The number of rotatable bonds is 3. The first-order valence-corrected chi connectivity index (χ1v) is 7.90. The van der Waals surface area contributed by atoms with Crippen LogP contribution in [0.4, 0.5) is 26.3 Å². The van der Waals surface area contributed by atoms with Gasteiger partial charge < -0.3 is 9.84 Å². The monoisotopic (exact) mass is 398 g/mol. The summed E-state index contributed by atoms with van der Waals surface area (Å²) in [5.74, 6) is -0.959. The van der Waals surface area contributed by atoms with Crippen molar-refractivity contribution < 1.29 is 41.0 Å². The van der Waals surface area contributed by atoms with Crippen molar-refractivity contribution in [2.45, 2.75) is 31.8 Å². The van der Waals surface area contributed by atoms with Gasteiger partial charge in [-0.3, -0.25) is 0 Å². The van der Waals surface area contributed by atoms with Crippen LogP contribution >= 0.6 is 11.3 Å². The highest BCUT2D eigenvalue weighted by atomic mass is 32.1. The van der Waals surface area contributed by atoms with Crippen LogP contribution in [-0.2, 0) is 5.60 Å². The van der Waals surface area contributed by atoms with Crippen LogP contribution in [0.25, 0.3) is 0 Å². The summed E-state index contributed by atoms with van der Waals surface area (Å²) in [6.07, 6.45) is -12.0. The lowest BCUT2D eigenvalue weighted by molar-refractivity contribution is -0.376. The number of aryl methyl sites for hydroxylation is 2. The molecule has 3 nitrogen and oxygen atoms in total. The summed E-state index contributed by atoms with van der Waals surface area (Å²) in [7, 11) is 0. The predicted octanol–water partition coefficient (Wildman–Crippen LogP) is 4.90. The molecule has 1 N–H and O–H groups in total. The molecule has 1 aromatic carbocycles. The lowest BCUT2D eigenvalue weighted by atomic mass is 9.89. The van der Waals surface area contributed by atoms with E-state index in [9.17, 15) is 36.2 Å². The molecule has 0 saturated heterocycles. The number of carbonyl (C=O) groups is 1. The molecule has 26 heavy (non-hydrogen) atoms. The van der Waals surface area contributed by atoms with Crippen molar-refractivity contribution in [3.8, 4) is 5.75 Å². The van der Waals surface area contributed by atoms with E-state index in [0.717, 1.165) is 11.3 Å². The third-order valence-electron chi connectivity index (χ3n) is 3.62. The molecule has 0 atom stereocenters. The highest BCUT2D eigenvalue weighted by Crippen LogP contribution is 2.50. The average Bonchev–Trinajstić information content (AvgIpc) is 3.01. The number of benzene rings is 1. The van der Waals surface area contributed by atoms with E-state index in [-0.39, 0.29) is 21.8 Å². The molecular formula is C16H12F6O3S. The van der Waals surface area contributed by atoms with Gasteiger partial charge in [0.2, 0.25) is 0 Å². The fourth-order valence-corrected chi connectivity index (χ4v) is 2.94. The molecule has 0 aliphatic rings. The third kappa shape index (κ3) is 3.43. The van der Waals surface area contributed by atoms with Crippen LogP contribution < -0.4 is 4.74 Å². The van der Waals surface area contributed by atoms with Crippen LogP contribution in [0.3, 0.4) is 0 Å². The van der Waals surface area contributed by atoms with Crippen molar-refractivity contribution in [2.24, 2.45) is 0 Å². The molecule has 0 aliphatic heterocycles. The van der Waals surface area contributed by atoms with Crippen LogP contribution in [0.2, 0.25) is 0 Å². The van der Waals surface area contributed by atoms with Crippen LogP contribution in [0.15, 0.2) is 29.6 Å². The van der Waals surface area contributed by atoms with Crippen molar-refractivity contribution in [3.63, 3.8) is 0 Å². The van der Waals surface area contributed by atoms with E-state index < -0.39 is 29.5 Å². The molecular weight excluding hydrogens is 386 g/mol. The Morgan fingerprint density at radius 2 is 1.54 bits per heavy atom. The van der Waals surface area contributed by atoms with Crippen LogP contribution in [0.5, 0.6) is 5.75 Å². The first kappa shape index (κ1) is 20.2. The normalized spacial score (nSPS) is 13.0. The molecule has 0 fully saturated rings. The van der Waals surface area contributed by atoms with E-state index in [2.05, 4.69) is 0 Å². The number of thiophene rings is 1. The van der Waals surface area contributed by atoms with E-state index in [1.165, 1.54) is 19.9 Å². The number of alkyl halides is 6. The second-order valence-corrected chi connectivity index (χ2v) is 6.46. The Morgan fingerprint density at radius 1 is 1.04 bits per heavy atom. The topological polar surface area (TPSA) is 46.5 Å². The van der Waals surface area contributed by atoms with Crippen LogP contribution in [0, 0.1) is 13.8 Å². The van der Waals surface area contributed by atoms with E-state index >= 15 is 0 Å². The Morgan fingerprint density at radius 3 is 1.92 bits per heavy atom. The van der Waals surface area contributed by atoms with Crippen molar-refractivity contribution in [1.82, 2.24) is 0 Å². The molecule has 0 amide bonds. The maximum atomic E-state index is 13.0. The van der Waals surface area contributed by atoms with Gasteiger partial charge in [-0.15, -0.1) is 11.3 Å². The van der Waals surface area contributed by atoms with Gasteiger partial charge in [0.15, 0.2) is 0 Å². The standard InChI is InChI=1S/C16H12F6O3S/c1-8-6-10(14(24,15(17,18)19)16(20,21)22)7-9(2)12(8)25-13(23)11-4-3-5-26-11/h3-7,24H,1-2H3. The average molecular weight is 398 g/mol. The van der Waals surface area contributed by atoms with E-state index in [4.69, 9.17) is 4.74 Å². The molecule has 2 rings (SSSR count). The molecule has 0 radical (unpaired) electrons. The van der Waals surface area contributed by atoms with Crippen molar-refractivity contribution in [2.75, 3.05) is 0 Å². The Balaban J connectivity index is 2.50. The summed E-state index contributed by atoms with van der Waals surface area (Å²) in [5, 5.41) is 11.1. The van der Waals surface area contributed by atoms with Gasteiger partial charge in [0.05, 0.1) is 0 Å². The summed E-state index contributed by atoms with van der Waals surface area (Å²) in [6.45, 7) is 2.36.